The molecule has 1 unspecified atom stereocenters. The summed E-state index contributed by atoms with van der Waals surface area (Å²) in [5.41, 5.74) is 2.64. The van der Waals surface area contributed by atoms with Crippen LogP contribution in [0.5, 0.6) is 11.5 Å². The minimum absolute atomic E-state index is 0.0499. The molecule has 5 heteroatoms. The summed E-state index contributed by atoms with van der Waals surface area (Å²) < 4.78 is 11.1. The SMILES string of the molecule is O=C1Nc2ccccc2C1Nc1ccc2c(c1)OCCO2. The van der Waals surface area contributed by atoms with Gasteiger partial charge in [-0.15, -0.1) is 0 Å². The quantitative estimate of drug-likeness (QED) is 0.888. The molecule has 0 bridgehead atoms. The molecule has 5 nitrogen and oxygen atoms in total. The van der Waals surface area contributed by atoms with Gasteiger partial charge in [0.25, 0.3) is 5.91 Å². The first-order chi connectivity index (χ1) is 10.3. The van der Waals surface area contributed by atoms with Gasteiger partial charge in [-0.05, 0) is 18.2 Å². The Hall–Kier alpha value is -2.69. The van der Waals surface area contributed by atoms with E-state index >= 15 is 0 Å². The van der Waals surface area contributed by atoms with Crippen molar-refractivity contribution in [3.05, 3.63) is 48.0 Å². The van der Waals surface area contributed by atoms with Crippen LogP contribution in [0.25, 0.3) is 0 Å². The van der Waals surface area contributed by atoms with E-state index in [2.05, 4.69) is 10.6 Å². The maximum absolute atomic E-state index is 12.1. The van der Waals surface area contributed by atoms with E-state index in [1.54, 1.807) is 0 Å². The summed E-state index contributed by atoms with van der Waals surface area (Å²) >= 11 is 0. The Bertz CT molecular complexity index is 714. The Kier molecular flexibility index (Phi) is 2.70. The molecule has 2 N–H and O–H groups in total. The van der Waals surface area contributed by atoms with Gasteiger partial charge in [-0.25, -0.2) is 0 Å². The molecule has 2 aromatic rings. The van der Waals surface area contributed by atoms with Gasteiger partial charge in [0.05, 0.1) is 0 Å². The number of hydrogen-bond donors (Lipinski definition) is 2. The van der Waals surface area contributed by atoms with E-state index in [0.29, 0.717) is 19.0 Å². The highest BCUT2D eigenvalue weighted by Crippen LogP contribution is 2.36. The fourth-order valence-electron chi connectivity index (χ4n) is 2.65. The Labute approximate surface area is 121 Å². The minimum Gasteiger partial charge on any atom is -0.486 e. The zero-order valence-corrected chi connectivity index (χ0v) is 11.3. The van der Waals surface area contributed by atoms with Crippen molar-refractivity contribution < 1.29 is 14.3 Å². The van der Waals surface area contributed by atoms with E-state index in [9.17, 15) is 4.79 Å². The van der Waals surface area contributed by atoms with E-state index in [4.69, 9.17) is 9.47 Å². The van der Waals surface area contributed by atoms with Crippen LogP contribution in [0.3, 0.4) is 0 Å². The molecule has 0 aliphatic carbocycles. The summed E-state index contributed by atoms with van der Waals surface area (Å²) in [6, 6.07) is 12.9. The van der Waals surface area contributed by atoms with Crippen molar-refractivity contribution >= 4 is 17.3 Å². The number of rotatable bonds is 2. The van der Waals surface area contributed by atoms with Gasteiger partial charge in [0.2, 0.25) is 0 Å². The highest BCUT2D eigenvalue weighted by atomic mass is 16.6. The molecule has 106 valence electrons. The molecule has 1 atom stereocenters. The predicted octanol–water partition coefficient (Wildman–Crippen LogP) is 2.56. The van der Waals surface area contributed by atoms with Crippen LogP contribution in [0.4, 0.5) is 11.4 Å². The molecule has 0 saturated heterocycles. The van der Waals surface area contributed by atoms with Crippen LogP contribution < -0.4 is 20.1 Å². The molecular formula is C16H14N2O3. The first-order valence-corrected chi connectivity index (χ1v) is 6.87. The molecule has 4 rings (SSSR count). The summed E-state index contributed by atoms with van der Waals surface area (Å²) in [5.74, 6) is 1.40. The van der Waals surface area contributed by atoms with Gasteiger partial charge in [-0.1, -0.05) is 18.2 Å². The van der Waals surface area contributed by atoms with Crippen LogP contribution in [-0.4, -0.2) is 19.1 Å². The topological polar surface area (TPSA) is 59.6 Å². The van der Waals surface area contributed by atoms with Gasteiger partial charge >= 0.3 is 0 Å². The molecule has 0 radical (unpaired) electrons. The molecule has 2 heterocycles. The molecule has 1 amide bonds. The zero-order valence-electron chi connectivity index (χ0n) is 11.3. The van der Waals surface area contributed by atoms with E-state index < -0.39 is 0 Å². The van der Waals surface area contributed by atoms with E-state index in [0.717, 1.165) is 22.7 Å². The van der Waals surface area contributed by atoms with Crippen molar-refractivity contribution in [3.63, 3.8) is 0 Å². The van der Waals surface area contributed by atoms with Crippen LogP contribution >= 0.6 is 0 Å². The van der Waals surface area contributed by atoms with Crippen molar-refractivity contribution in [2.24, 2.45) is 0 Å². The number of benzene rings is 2. The second-order valence-electron chi connectivity index (χ2n) is 5.01. The number of anilines is 2. The average molecular weight is 282 g/mol. The molecular weight excluding hydrogens is 268 g/mol. The zero-order chi connectivity index (χ0) is 14.2. The van der Waals surface area contributed by atoms with Crippen LogP contribution in [0.15, 0.2) is 42.5 Å². The lowest BCUT2D eigenvalue weighted by molar-refractivity contribution is -0.116. The summed E-state index contributed by atoms with van der Waals surface area (Å²) in [6.07, 6.45) is 0. The molecule has 2 aliphatic rings. The second-order valence-corrected chi connectivity index (χ2v) is 5.01. The number of nitrogens with one attached hydrogen (secondary N) is 2. The Morgan fingerprint density at radius 1 is 1.05 bits per heavy atom. The summed E-state index contributed by atoms with van der Waals surface area (Å²) in [5, 5.41) is 6.12. The third-order valence-corrected chi connectivity index (χ3v) is 3.65. The first kappa shape index (κ1) is 12.1. The lowest BCUT2D eigenvalue weighted by Gasteiger charge is -2.20. The number of hydrogen-bond acceptors (Lipinski definition) is 4. The van der Waals surface area contributed by atoms with Crippen molar-refractivity contribution in [1.29, 1.82) is 0 Å². The Balaban J connectivity index is 1.63. The molecule has 2 aromatic carbocycles. The summed E-state index contributed by atoms with van der Waals surface area (Å²) in [6.45, 7) is 1.11. The van der Waals surface area contributed by atoms with Gasteiger partial charge in [0, 0.05) is 23.0 Å². The lowest BCUT2D eigenvalue weighted by atomic mass is 10.1. The van der Waals surface area contributed by atoms with Crippen LogP contribution in [-0.2, 0) is 4.79 Å². The number of para-hydroxylation sites is 1. The van der Waals surface area contributed by atoms with Crippen molar-refractivity contribution in [1.82, 2.24) is 0 Å². The van der Waals surface area contributed by atoms with E-state index in [-0.39, 0.29) is 11.9 Å². The highest BCUT2D eigenvalue weighted by molar-refractivity contribution is 6.04. The Morgan fingerprint density at radius 3 is 2.76 bits per heavy atom. The summed E-state index contributed by atoms with van der Waals surface area (Å²) in [7, 11) is 0. The number of amides is 1. The smallest absolute Gasteiger partial charge is 0.251 e. The standard InChI is InChI=1S/C16H14N2O3/c19-16-15(11-3-1-2-4-12(11)18-16)17-10-5-6-13-14(9-10)21-8-7-20-13/h1-6,9,15,17H,7-8H2,(H,18,19). The number of fused-ring (bicyclic) bond motifs is 2. The fraction of sp³-hybridized carbons (Fsp3) is 0.188. The van der Waals surface area contributed by atoms with Crippen molar-refractivity contribution in [2.45, 2.75) is 6.04 Å². The fourth-order valence-corrected chi connectivity index (χ4v) is 2.65. The van der Waals surface area contributed by atoms with E-state index in [1.165, 1.54) is 0 Å². The molecule has 0 aromatic heterocycles. The Morgan fingerprint density at radius 2 is 1.86 bits per heavy atom. The largest absolute Gasteiger partial charge is 0.486 e. The van der Waals surface area contributed by atoms with Crippen molar-refractivity contribution in [3.8, 4) is 11.5 Å². The van der Waals surface area contributed by atoms with Crippen LogP contribution in [0.1, 0.15) is 11.6 Å². The average Bonchev–Trinajstić information content (AvgIpc) is 2.83. The summed E-state index contributed by atoms with van der Waals surface area (Å²) in [4.78, 5) is 12.1. The van der Waals surface area contributed by atoms with Crippen molar-refractivity contribution in [2.75, 3.05) is 23.8 Å². The number of carbonyl (C=O) groups is 1. The maximum atomic E-state index is 12.1. The predicted molar refractivity (Wildman–Crippen MR) is 78.9 cm³/mol. The lowest BCUT2D eigenvalue weighted by Crippen LogP contribution is -2.20. The van der Waals surface area contributed by atoms with Crippen LogP contribution in [0.2, 0.25) is 0 Å². The van der Waals surface area contributed by atoms with Gasteiger partial charge in [0.15, 0.2) is 11.5 Å². The highest BCUT2D eigenvalue weighted by Gasteiger charge is 2.30. The maximum Gasteiger partial charge on any atom is 0.251 e. The van der Waals surface area contributed by atoms with Crippen LogP contribution in [0, 0.1) is 0 Å². The third-order valence-electron chi connectivity index (χ3n) is 3.65. The van der Waals surface area contributed by atoms with E-state index in [1.807, 2.05) is 42.5 Å². The third kappa shape index (κ3) is 2.07. The molecule has 0 fully saturated rings. The second kappa shape index (κ2) is 4.70. The number of ether oxygens (including phenoxy) is 2. The number of carbonyl (C=O) groups excluding carboxylic acids is 1. The van der Waals surface area contributed by atoms with Gasteiger partial charge in [0.1, 0.15) is 19.3 Å². The molecule has 0 saturated carbocycles. The molecule has 0 spiro atoms. The first-order valence-electron chi connectivity index (χ1n) is 6.87. The van der Waals surface area contributed by atoms with Gasteiger partial charge in [-0.2, -0.15) is 0 Å². The molecule has 21 heavy (non-hydrogen) atoms. The minimum atomic E-state index is -0.385. The molecule has 2 aliphatic heterocycles. The van der Waals surface area contributed by atoms with Gasteiger partial charge < -0.3 is 20.1 Å². The van der Waals surface area contributed by atoms with Gasteiger partial charge in [-0.3, -0.25) is 4.79 Å². The monoisotopic (exact) mass is 282 g/mol. The normalized spacial score (nSPS) is 18.9.